The highest BCUT2D eigenvalue weighted by atomic mass is 35.5. The average molecular weight is 539 g/mol. The van der Waals surface area contributed by atoms with E-state index in [0.717, 1.165) is 13.8 Å². The maximum Gasteiger partial charge on any atom is 0.312 e. The standard InChI is InChI=1S/C26H31ClO10/c1-10-16(34-12(3)28)9-8-15-17-20(31)25(7,37-14(5)30)19(24(15,17)6)22(35-13(4)29)26(33)11(2)23(32)36-21(26)18(10)27/h8-9,11,15-19,21-22,33H,1H2,2-7H3/b9-8+/t11-,15-,16-,17-,18-,19+,21-,22-,24-,25-,26?/m0/s1. The molecule has 4 aliphatic rings. The number of ketones is 1. The number of carbonyl (C=O) groups is 5. The Morgan fingerprint density at radius 3 is 2.19 bits per heavy atom. The second-order valence-electron chi connectivity index (χ2n) is 10.8. The van der Waals surface area contributed by atoms with Crippen molar-refractivity contribution in [2.75, 3.05) is 0 Å². The minimum Gasteiger partial charge on any atom is -0.459 e. The first-order valence-corrected chi connectivity index (χ1v) is 12.5. The molecule has 1 unspecified atom stereocenters. The second-order valence-corrected chi connectivity index (χ2v) is 11.3. The third kappa shape index (κ3) is 3.74. The lowest BCUT2D eigenvalue weighted by atomic mass is 9.66. The van der Waals surface area contributed by atoms with Gasteiger partial charge in [0.25, 0.3) is 0 Å². The summed E-state index contributed by atoms with van der Waals surface area (Å²) in [6.07, 6.45) is -0.849. The summed E-state index contributed by atoms with van der Waals surface area (Å²) in [7, 11) is 0. The van der Waals surface area contributed by atoms with Crippen LogP contribution in [-0.2, 0) is 42.9 Å². The van der Waals surface area contributed by atoms with E-state index in [1.54, 1.807) is 19.1 Å². The molecule has 0 bridgehead atoms. The van der Waals surface area contributed by atoms with E-state index in [2.05, 4.69) is 6.58 Å². The normalized spacial score (nSPS) is 47.1. The molecule has 0 aromatic carbocycles. The topological polar surface area (TPSA) is 143 Å². The highest BCUT2D eigenvalue weighted by Gasteiger charge is 2.84. The van der Waals surface area contributed by atoms with Gasteiger partial charge in [-0.05, 0) is 36.8 Å². The van der Waals surface area contributed by atoms with Crippen molar-refractivity contribution >= 4 is 41.3 Å². The average Bonchev–Trinajstić information content (AvgIpc) is 3.23. The van der Waals surface area contributed by atoms with Crippen LogP contribution in [0, 0.1) is 29.1 Å². The maximum atomic E-state index is 13.8. The van der Waals surface area contributed by atoms with Crippen molar-refractivity contribution in [3.8, 4) is 0 Å². The van der Waals surface area contributed by atoms with E-state index in [1.807, 2.05) is 0 Å². The molecule has 37 heavy (non-hydrogen) atoms. The van der Waals surface area contributed by atoms with E-state index < -0.39 is 93.6 Å². The summed E-state index contributed by atoms with van der Waals surface area (Å²) >= 11 is 6.74. The fourth-order valence-corrected chi connectivity index (χ4v) is 7.25. The van der Waals surface area contributed by atoms with E-state index in [9.17, 15) is 29.1 Å². The molecule has 1 saturated heterocycles. The van der Waals surface area contributed by atoms with Crippen molar-refractivity contribution in [2.24, 2.45) is 29.1 Å². The number of rotatable bonds is 3. The summed E-state index contributed by atoms with van der Waals surface area (Å²) in [5.41, 5.74) is -4.90. The number of fused-ring (bicyclic) bond motifs is 2. The summed E-state index contributed by atoms with van der Waals surface area (Å²) in [6, 6.07) is 0. The largest absolute Gasteiger partial charge is 0.459 e. The number of alkyl halides is 1. The van der Waals surface area contributed by atoms with Gasteiger partial charge in [-0.1, -0.05) is 19.6 Å². The summed E-state index contributed by atoms with van der Waals surface area (Å²) in [4.78, 5) is 63.0. The maximum absolute atomic E-state index is 13.8. The van der Waals surface area contributed by atoms with Crippen LogP contribution in [0.4, 0.5) is 0 Å². The molecule has 4 rings (SSSR count). The quantitative estimate of drug-likeness (QED) is 0.244. The molecule has 11 heteroatoms. The van der Waals surface area contributed by atoms with Gasteiger partial charge in [-0.25, -0.2) is 0 Å². The molecule has 3 fully saturated rings. The molecule has 3 aliphatic carbocycles. The van der Waals surface area contributed by atoms with Crippen LogP contribution in [0.2, 0.25) is 0 Å². The molecule has 1 aliphatic heterocycles. The minimum absolute atomic E-state index is 0.116. The van der Waals surface area contributed by atoms with Gasteiger partial charge in [-0.15, -0.1) is 11.6 Å². The molecule has 1 heterocycles. The number of ether oxygens (including phenoxy) is 4. The predicted molar refractivity (Wildman–Crippen MR) is 127 cm³/mol. The Morgan fingerprint density at radius 2 is 1.65 bits per heavy atom. The van der Waals surface area contributed by atoms with Gasteiger partial charge in [0.15, 0.2) is 23.1 Å². The molecule has 10 nitrogen and oxygen atoms in total. The predicted octanol–water partition coefficient (Wildman–Crippen LogP) is 1.65. The number of esters is 4. The van der Waals surface area contributed by atoms with Gasteiger partial charge in [0, 0.05) is 26.7 Å². The van der Waals surface area contributed by atoms with E-state index >= 15 is 0 Å². The van der Waals surface area contributed by atoms with Crippen molar-refractivity contribution < 1.29 is 48.0 Å². The lowest BCUT2D eigenvalue weighted by molar-refractivity contribution is -0.214. The molecule has 0 spiro atoms. The van der Waals surface area contributed by atoms with Gasteiger partial charge >= 0.3 is 23.9 Å². The van der Waals surface area contributed by atoms with Crippen LogP contribution in [0.15, 0.2) is 24.3 Å². The zero-order valence-electron chi connectivity index (χ0n) is 21.5. The van der Waals surface area contributed by atoms with Gasteiger partial charge < -0.3 is 24.1 Å². The SMILES string of the molecule is C=C1[C@@H](OC(C)=O)/C=C/[C@H]2[C@H]3C(=O)[C@@](C)(OC(C)=O)[C@H]([C@H](OC(C)=O)C4(O)[C@@H](C)C(=O)O[C@H]4[C@H]1Cl)[C@]32C. The van der Waals surface area contributed by atoms with Crippen LogP contribution < -0.4 is 0 Å². The third-order valence-electron chi connectivity index (χ3n) is 8.60. The second kappa shape index (κ2) is 8.66. The Bertz CT molecular complexity index is 1130. The van der Waals surface area contributed by atoms with Crippen molar-refractivity contribution in [1.29, 1.82) is 0 Å². The van der Waals surface area contributed by atoms with Crippen LogP contribution in [0.25, 0.3) is 0 Å². The zero-order valence-corrected chi connectivity index (χ0v) is 22.2. The Labute approximate surface area is 219 Å². The smallest absolute Gasteiger partial charge is 0.312 e. The first kappa shape index (κ1) is 27.3. The molecule has 0 radical (unpaired) electrons. The molecule has 1 N–H and O–H groups in total. The first-order chi connectivity index (χ1) is 17.0. The monoisotopic (exact) mass is 538 g/mol. The van der Waals surface area contributed by atoms with Gasteiger partial charge in [0.2, 0.25) is 0 Å². The van der Waals surface area contributed by atoms with Gasteiger partial charge in [0.05, 0.1) is 17.2 Å². The fraction of sp³-hybridized carbons (Fsp3) is 0.654. The Balaban J connectivity index is 2.00. The molecule has 0 aromatic rings. The first-order valence-electron chi connectivity index (χ1n) is 12.0. The third-order valence-corrected chi connectivity index (χ3v) is 9.11. The van der Waals surface area contributed by atoms with Crippen molar-refractivity contribution in [1.82, 2.24) is 0 Å². The molecular formula is C26H31ClO10. The summed E-state index contributed by atoms with van der Waals surface area (Å²) in [5.74, 6) is -6.82. The number of halogens is 1. The van der Waals surface area contributed by atoms with Crippen molar-refractivity contribution in [3.05, 3.63) is 24.3 Å². The van der Waals surface area contributed by atoms with Crippen LogP contribution in [0.5, 0.6) is 0 Å². The Kier molecular flexibility index (Phi) is 6.39. The Hall–Kier alpha value is -2.72. The summed E-state index contributed by atoms with van der Waals surface area (Å²) in [5, 5.41) is 11.0. The van der Waals surface area contributed by atoms with Crippen LogP contribution in [0.3, 0.4) is 0 Å². The van der Waals surface area contributed by atoms with Crippen molar-refractivity contribution in [3.63, 3.8) is 0 Å². The van der Waals surface area contributed by atoms with E-state index in [-0.39, 0.29) is 5.57 Å². The molecule has 0 aromatic heterocycles. The number of aliphatic hydroxyl groups is 1. The van der Waals surface area contributed by atoms with Gasteiger partial charge in [-0.3, -0.25) is 24.0 Å². The van der Waals surface area contributed by atoms with E-state index in [0.29, 0.717) is 0 Å². The summed E-state index contributed by atoms with van der Waals surface area (Å²) in [6.45, 7) is 12.0. The van der Waals surface area contributed by atoms with Crippen molar-refractivity contribution in [2.45, 2.75) is 76.4 Å². The number of hydrogen-bond acceptors (Lipinski definition) is 10. The lowest BCUT2D eigenvalue weighted by Crippen LogP contribution is -2.65. The van der Waals surface area contributed by atoms with E-state index in [4.69, 9.17) is 30.5 Å². The molecule has 11 atom stereocenters. The van der Waals surface area contributed by atoms with Crippen LogP contribution >= 0.6 is 11.6 Å². The van der Waals surface area contributed by atoms with Crippen LogP contribution in [0.1, 0.15) is 41.5 Å². The highest BCUT2D eigenvalue weighted by molar-refractivity contribution is 6.23. The van der Waals surface area contributed by atoms with Gasteiger partial charge in [0.1, 0.15) is 12.2 Å². The van der Waals surface area contributed by atoms with Gasteiger partial charge in [-0.2, -0.15) is 0 Å². The van der Waals surface area contributed by atoms with Crippen LogP contribution in [-0.4, -0.2) is 69.7 Å². The number of allylic oxidation sites excluding steroid dienone is 1. The number of hydrogen-bond donors (Lipinski definition) is 1. The number of carbonyl (C=O) groups excluding carboxylic acids is 5. The zero-order chi connectivity index (χ0) is 27.8. The molecular weight excluding hydrogens is 508 g/mol. The highest BCUT2D eigenvalue weighted by Crippen LogP contribution is 2.75. The molecule has 202 valence electrons. The summed E-state index contributed by atoms with van der Waals surface area (Å²) < 4.78 is 22.3. The molecule has 2 saturated carbocycles. The Morgan fingerprint density at radius 1 is 1.05 bits per heavy atom. The minimum atomic E-state index is -2.26. The van der Waals surface area contributed by atoms with E-state index in [1.165, 1.54) is 20.8 Å². The molecule has 0 amide bonds. The number of Topliss-reactive ketones (excluding diaryl/α,β-unsaturated/α-hetero) is 1. The lowest BCUT2D eigenvalue weighted by Gasteiger charge is -2.47. The fourth-order valence-electron chi connectivity index (χ4n) is 6.87.